The van der Waals surface area contributed by atoms with Crippen molar-refractivity contribution < 1.29 is 14.4 Å². The molecule has 2 amide bonds. The Kier molecular flexibility index (Phi) is 6.00. The van der Waals surface area contributed by atoms with Gasteiger partial charge >= 0.3 is 0 Å². The number of carbonyl (C=O) groups is 3. The molecule has 0 unspecified atom stereocenters. The normalized spacial score (nSPS) is 17.2. The average Bonchev–Trinajstić information content (AvgIpc) is 3.52. The second-order valence-corrected chi connectivity index (χ2v) is 9.97. The Morgan fingerprint density at radius 3 is 2.09 bits per heavy atom. The second kappa shape index (κ2) is 9.10. The highest BCUT2D eigenvalue weighted by molar-refractivity contribution is 7.08. The number of nitrogens with zero attached hydrogens (tertiary/aromatic N) is 4. The van der Waals surface area contributed by atoms with Crippen LogP contribution in [0.1, 0.15) is 56.6 Å². The molecule has 2 aromatic carbocycles. The van der Waals surface area contributed by atoms with E-state index in [1.807, 2.05) is 40.1 Å². The zero-order valence-electron chi connectivity index (χ0n) is 19.1. The Hall–Kier alpha value is -3.39. The molecule has 5 rings (SSSR count). The fraction of sp³-hybridized carbons (Fsp3) is 0.346. The monoisotopic (exact) mass is 474 g/mol. The van der Waals surface area contributed by atoms with E-state index < -0.39 is 0 Å². The Morgan fingerprint density at radius 1 is 0.824 bits per heavy atom. The second-order valence-electron chi connectivity index (χ2n) is 9.22. The van der Waals surface area contributed by atoms with E-state index in [9.17, 15) is 14.4 Å². The van der Waals surface area contributed by atoms with Gasteiger partial charge in [0.2, 0.25) is 0 Å². The molecule has 0 N–H and O–H groups in total. The molecule has 2 aliphatic rings. The third kappa shape index (κ3) is 4.25. The summed E-state index contributed by atoms with van der Waals surface area (Å²) in [6.45, 7) is 4.28. The standard InChI is InChI=1S/C26H26N4O3S/c1-18(31)19-7-9-21(10-8-19)24(32)29-14-11-26(12-15-29)13-16-30(17-26)25(33)23-22(27-28-34-23)20-5-3-2-4-6-20/h2-10H,11-17H2,1H3. The quantitative estimate of drug-likeness (QED) is 0.530. The van der Waals surface area contributed by atoms with Crippen molar-refractivity contribution in [2.75, 3.05) is 26.2 Å². The molecule has 2 fully saturated rings. The van der Waals surface area contributed by atoms with Gasteiger partial charge in [0, 0.05) is 42.9 Å². The van der Waals surface area contributed by atoms with Crippen LogP contribution in [-0.2, 0) is 0 Å². The lowest BCUT2D eigenvalue weighted by Gasteiger charge is -2.39. The summed E-state index contributed by atoms with van der Waals surface area (Å²) in [5.74, 6) is -0.0156. The third-order valence-corrected chi connectivity index (χ3v) is 7.82. The molecule has 34 heavy (non-hydrogen) atoms. The highest BCUT2D eigenvalue weighted by atomic mass is 32.1. The van der Waals surface area contributed by atoms with Crippen molar-refractivity contribution in [3.05, 3.63) is 70.6 Å². The Labute approximate surface area is 202 Å². The zero-order valence-corrected chi connectivity index (χ0v) is 19.9. The maximum Gasteiger partial charge on any atom is 0.267 e. The zero-order chi connectivity index (χ0) is 23.7. The van der Waals surface area contributed by atoms with Gasteiger partial charge in [0.15, 0.2) is 5.78 Å². The molecule has 0 atom stereocenters. The van der Waals surface area contributed by atoms with Crippen LogP contribution in [0.5, 0.6) is 0 Å². The predicted octanol–water partition coefficient (Wildman–Crippen LogP) is 4.18. The highest BCUT2D eigenvalue weighted by Gasteiger charge is 2.43. The van der Waals surface area contributed by atoms with Crippen molar-refractivity contribution in [2.24, 2.45) is 5.41 Å². The van der Waals surface area contributed by atoms with E-state index in [0.717, 1.165) is 36.4 Å². The van der Waals surface area contributed by atoms with Crippen LogP contribution in [0, 0.1) is 5.41 Å². The molecule has 3 aromatic rings. The van der Waals surface area contributed by atoms with Gasteiger partial charge in [-0.2, -0.15) is 0 Å². The van der Waals surface area contributed by atoms with E-state index in [2.05, 4.69) is 9.59 Å². The fourth-order valence-electron chi connectivity index (χ4n) is 4.99. The fourth-order valence-corrected chi connectivity index (χ4v) is 5.65. The van der Waals surface area contributed by atoms with E-state index in [-0.39, 0.29) is 23.0 Å². The summed E-state index contributed by atoms with van der Waals surface area (Å²) in [5, 5.41) is 4.21. The number of benzene rings is 2. The van der Waals surface area contributed by atoms with Crippen molar-refractivity contribution in [3.63, 3.8) is 0 Å². The number of hydrogen-bond acceptors (Lipinski definition) is 6. The van der Waals surface area contributed by atoms with E-state index in [1.54, 1.807) is 24.3 Å². The largest absolute Gasteiger partial charge is 0.339 e. The van der Waals surface area contributed by atoms with Crippen molar-refractivity contribution >= 4 is 29.1 Å². The summed E-state index contributed by atoms with van der Waals surface area (Å²) in [4.78, 5) is 42.2. The summed E-state index contributed by atoms with van der Waals surface area (Å²) in [5.41, 5.74) is 2.81. The minimum atomic E-state index is -0.00996. The van der Waals surface area contributed by atoms with Gasteiger partial charge in [-0.3, -0.25) is 14.4 Å². The van der Waals surface area contributed by atoms with Crippen LogP contribution in [0.25, 0.3) is 11.3 Å². The van der Waals surface area contributed by atoms with Crippen LogP contribution in [0.4, 0.5) is 0 Å². The van der Waals surface area contributed by atoms with E-state index in [4.69, 9.17) is 0 Å². The molecule has 0 bridgehead atoms. The number of Topliss-reactive ketones (excluding diaryl/α,β-unsaturated/α-hetero) is 1. The maximum atomic E-state index is 13.3. The molecule has 3 heterocycles. The highest BCUT2D eigenvalue weighted by Crippen LogP contribution is 2.41. The third-order valence-electron chi connectivity index (χ3n) is 7.10. The lowest BCUT2D eigenvalue weighted by atomic mass is 9.77. The SMILES string of the molecule is CC(=O)c1ccc(C(=O)N2CCC3(CC2)CCN(C(=O)c2snnc2-c2ccccc2)C3)cc1. The first-order valence-corrected chi connectivity index (χ1v) is 12.3. The molecular formula is C26H26N4O3S. The molecule has 0 aliphatic carbocycles. The number of carbonyl (C=O) groups excluding carboxylic acids is 3. The molecule has 8 heteroatoms. The number of piperidine rings is 1. The van der Waals surface area contributed by atoms with Crippen molar-refractivity contribution in [1.29, 1.82) is 0 Å². The van der Waals surface area contributed by atoms with Gasteiger partial charge in [-0.15, -0.1) is 5.10 Å². The van der Waals surface area contributed by atoms with E-state index in [1.165, 1.54) is 6.92 Å². The summed E-state index contributed by atoms with van der Waals surface area (Å²) >= 11 is 1.15. The number of amides is 2. The molecule has 2 saturated heterocycles. The van der Waals surface area contributed by atoms with Crippen LogP contribution < -0.4 is 0 Å². The van der Waals surface area contributed by atoms with Gasteiger partial charge in [-0.25, -0.2) is 0 Å². The smallest absolute Gasteiger partial charge is 0.267 e. The van der Waals surface area contributed by atoms with Crippen LogP contribution >= 0.6 is 11.5 Å². The van der Waals surface area contributed by atoms with Gasteiger partial charge in [0.05, 0.1) is 0 Å². The number of hydrogen-bond donors (Lipinski definition) is 0. The molecule has 2 aliphatic heterocycles. The number of ketones is 1. The van der Waals surface area contributed by atoms with Crippen LogP contribution in [-0.4, -0.2) is 63.2 Å². The van der Waals surface area contributed by atoms with Crippen LogP contribution in [0.3, 0.4) is 0 Å². The number of likely N-dealkylation sites (tertiary alicyclic amines) is 2. The Morgan fingerprint density at radius 2 is 1.44 bits per heavy atom. The van der Waals surface area contributed by atoms with Crippen LogP contribution in [0.15, 0.2) is 54.6 Å². The van der Waals surface area contributed by atoms with E-state index in [0.29, 0.717) is 47.9 Å². The number of aromatic nitrogens is 2. The van der Waals surface area contributed by atoms with Gasteiger partial charge in [0.1, 0.15) is 10.6 Å². The lowest BCUT2D eigenvalue weighted by molar-refractivity contribution is 0.0566. The minimum absolute atomic E-state index is 0.000816. The first-order chi connectivity index (χ1) is 16.5. The molecule has 1 aromatic heterocycles. The summed E-state index contributed by atoms with van der Waals surface area (Å²) in [7, 11) is 0. The van der Waals surface area contributed by atoms with Gasteiger partial charge in [0.25, 0.3) is 11.8 Å². The number of rotatable bonds is 4. The first kappa shape index (κ1) is 22.4. The summed E-state index contributed by atoms with van der Waals surface area (Å²) in [6, 6.07) is 16.6. The first-order valence-electron chi connectivity index (χ1n) is 11.5. The summed E-state index contributed by atoms with van der Waals surface area (Å²) in [6.07, 6.45) is 2.70. The van der Waals surface area contributed by atoms with Crippen LogP contribution in [0.2, 0.25) is 0 Å². The average molecular weight is 475 g/mol. The van der Waals surface area contributed by atoms with Gasteiger partial charge < -0.3 is 9.80 Å². The topological polar surface area (TPSA) is 83.5 Å². The molecule has 0 radical (unpaired) electrons. The maximum absolute atomic E-state index is 13.3. The summed E-state index contributed by atoms with van der Waals surface area (Å²) < 4.78 is 4.05. The Bertz CT molecular complexity index is 1210. The molecular weight excluding hydrogens is 448 g/mol. The van der Waals surface area contributed by atoms with Crippen molar-refractivity contribution in [3.8, 4) is 11.3 Å². The Balaban J connectivity index is 1.22. The molecule has 1 spiro atoms. The van der Waals surface area contributed by atoms with Crippen molar-refractivity contribution in [2.45, 2.75) is 26.2 Å². The molecule has 174 valence electrons. The lowest BCUT2D eigenvalue weighted by Crippen LogP contribution is -2.44. The van der Waals surface area contributed by atoms with E-state index >= 15 is 0 Å². The van der Waals surface area contributed by atoms with Crippen molar-refractivity contribution in [1.82, 2.24) is 19.4 Å². The minimum Gasteiger partial charge on any atom is -0.339 e. The predicted molar refractivity (Wildman–Crippen MR) is 130 cm³/mol. The van der Waals surface area contributed by atoms with Gasteiger partial charge in [-0.1, -0.05) is 47.0 Å². The molecule has 7 nitrogen and oxygen atoms in total. The molecule has 0 saturated carbocycles. The van der Waals surface area contributed by atoms with Gasteiger partial charge in [-0.05, 0) is 55.3 Å².